The average Bonchev–Trinajstić information content (AvgIpc) is 3.30. The van der Waals surface area contributed by atoms with Crippen molar-refractivity contribution in [2.24, 2.45) is 0 Å². The van der Waals surface area contributed by atoms with E-state index in [9.17, 15) is 9.59 Å². The molecule has 0 fully saturated rings. The van der Waals surface area contributed by atoms with Crippen LogP contribution in [-0.4, -0.2) is 28.4 Å². The molecule has 2 aromatic heterocycles. The van der Waals surface area contributed by atoms with E-state index in [0.717, 1.165) is 64.6 Å². The fourth-order valence-corrected chi connectivity index (χ4v) is 7.85. The summed E-state index contributed by atoms with van der Waals surface area (Å²) in [6.45, 7) is 0.584. The zero-order valence-electron chi connectivity index (χ0n) is 32.8. The first kappa shape index (κ1) is 38.0. The molecule has 2 N–H and O–H groups in total. The number of pyridine rings is 2. The van der Waals surface area contributed by atoms with Gasteiger partial charge in [0.25, 0.3) is 11.8 Å². The standard InChI is InChI=1S/C26H22N2O2.C25H20N2O3/c29-26(28-24-14-6-8-18-7-1-2-11-21(18)24)19-9-5-10-20(17-19)30-25-15-16-27-23-13-4-3-12-22(23)25;28-25(27-22-13-15-29-23-11-4-2-9-20(22)23)17-6-5-7-18(16-17)30-24-12-14-26-21-10-3-1-8-19(21)24/h1-5,7,9-13,15-17,24H,6,8,14H2,(H,28,29);1-12,14,16,22H,13,15H2,(H,27,28). The molecule has 0 bridgehead atoms. The molecule has 2 atom stereocenters. The van der Waals surface area contributed by atoms with Gasteiger partial charge in [-0.15, -0.1) is 0 Å². The molecule has 1 aliphatic heterocycles. The molecule has 6 aromatic carbocycles. The Balaban J connectivity index is 0.000000154. The van der Waals surface area contributed by atoms with Gasteiger partial charge in [-0.05, 0) is 109 Å². The van der Waals surface area contributed by atoms with Crippen molar-refractivity contribution in [2.45, 2.75) is 37.8 Å². The minimum absolute atomic E-state index is 0.0520. The molecule has 60 heavy (non-hydrogen) atoms. The first-order valence-corrected chi connectivity index (χ1v) is 20.2. The number of amides is 2. The minimum Gasteiger partial charge on any atom is -0.493 e. The highest BCUT2D eigenvalue weighted by molar-refractivity contribution is 5.96. The third-order valence-electron chi connectivity index (χ3n) is 10.8. The zero-order chi connectivity index (χ0) is 40.7. The Morgan fingerprint density at radius 3 is 1.72 bits per heavy atom. The summed E-state index contributed by atoms with van der Waals surface area (Å²) in [6.07, 6.45) is 7.31. The monoisotopic (exact) mass is 790 g/mol. The summed E-state index contributed by atoms with van der Waals surface area (Å²) in [5.41, 5.74) is 6.45. The number of para-hydroxylation sites is 3. The number of nitrogens with zero attached hydrogens (tertiary/aromatic N) is 2. The Kier molecular flexibility index (Phi) is 11.1. The second kappa shape index (κ2) is 17.5. The number of fused-ring (bicyclic) bond motifs is 4. The molecule has 8 aromatic rings. The normalized spacial score (nSPS) is 15.3. The van der Waals surface area contributed by atoms with E-state index in [4.69, 9.17) is 14.2 Å². The van der Waals surface area contributed by atoms with Gasteiger partial charge in [0.05, 0.1) is 29.7 Å². The largest absolute Gasteiger partial charge is 0.493 e. The number of aromatic nitrogens is 2. The predicted molar refractivity (Wildman–Crippen MR) is 233 cm³/mol. The van der Waals surface area contributed by atoms with Gasteiger partial charge in [0.15, 0.2) is 0 Å². The number of aryl methyl sites for hydroxylation is 1. The first-order chi connectivity index (χ1) is 29.6. The van der Waals surface area contributed by atoms with Crippen molar-refractivity contribution in [1.29, 1.82) is 0 Å². The van der Waals surface area contributed by atoms with Crippen LogP contribution in [0.4, 0.5) is 0 Å². The molecule has 1 aliphatic carbocycles. The van der Waals surface area contributed by atoms with Crippen molar-refractivity contribution < 1.29 is 23.8 Å². The summed E-state index contributed by atoms with van der Waals surface area (Å²) in [5.74, 6) is 3.27. The van der Waals surface area contributed by atoms with Crippen molar-refractivity contribution in [3.8, 4) is 28.7 Å². The van der Waals surface area contributed by atoms with Crippen LogP contribution in [0.3, 0.4) is 0 Å². The van der Waals surface area contributed by atoms with E-state index in [1.54, 1.807) is 30.6 Å². The number of nitrogens with one attached hydrogen (secondary N) is 2. The van der Waals surface area contributed by atoms with E-state index in [-0.39, 0.29) is 23.9 Å². The van der Waals surface area contributed by atoms with Gasteiger partial charge in [0.1, 0.15) is 28.7 Å². The summed E-state index contributed by atoms with van der Waals surface area (Å²) in [6, 6.07) is 50.0. The second-order valence-electron chi connectivity index (χ2n) is 14.7. The van der Waals surface area contributed by atoms with Gasteiger partial charge < -0.3 is 24.8 Å². The van der Waals surface area contributed by atoms with Crippen LogP contribution in [0.25, 0.3) is 21.8 Å². The maximum atomic E-state index is 13.0. The molecule has 9 heteroatoms. The number of hydrogen-bond donors (Lipinski definition) is 2. The van der Waals surface area contributed by atoms with Gasteiger partial charge in [-0.1, -0.05) is 78.9 Å². The molecular formula is C51H42N4O5. The molecule has 9 nitrogen and oxygen atoms in total. The Hall–Kier alpha value is -7.52. The minimum atomic E-state index is -0.137. The first-order valence-electron chi connectivity index (χ1n) is 20.2. The van der Waals surface area contributed by atoms with E-state index in [1.165, 1.54) is 11.1 Å². The lowest BCUT2D eigenvalue weighted by Crippen LogP contribution is -2.32. The number of carbonyl (C=O) groups excluding carboxylic acids is 2. The van der Waals surface area contributed by atoms with E-state index >= 15 is 0 Å². The molecule has 3 heterocycles. The van der Waals surface area contributed by atoms with E-state index in [0.29, 0.717) is 35.0 Å². The fraction of sp³-hybridized carbons (Fsp3) is 0.137. The summed E-state index contributed by atoms with van der Waals surface area (Å²) >= 11 is 0. The summed E-state index contributed by atoms with van der Waals surface area (Å²) in [7, 11) is 0. The van der Waals surface area contributed by atoms with Crippen LogP contribution in [0.1, 0.15) is 68.8 Å². The van der Waals surface area contributed by atoms with Crippen molar-refractivity contribution in [3.05, 3.63) is 198 Å². The quantitative estimate of drug-likeness (QED) is 0.158. The van der Waals surface area contributed by atoms with Gasteiger partial charge in [-0.2, -0.15) is 0 Å². The van der Waals surface area contributed by atoms with Crippen LogP contribution < -0.4 is 24.8 Å². The highest BCUT2D eigenvalue weighted by atomic mass is 16.5. The molecule has 2 amide bonds. The zero-order valence-corrected chi connectivity index (χ0v) is 32.8. The Morgan fingerprint density at radius 1 is 0.550 bits per heavy atom. The number of carbonyl (C=O) groups is 2. The highest BCUT2D eigenvalue weighted by Crippen LogP contribution is 2.34. The van der Waals surface area contributed by atoms with Gasteiger partial charge in [0, 0.05) is 46.3 Å². The van der Waals surface area contributed by atoms with Crippen LogP contribution in [-0.2, 0) is 6.42 Å². The number of ether oxygens (including phenoxy) is 3. The molecule has 2 unspecified atom stereocenters. The summed E-state index contributed by atoms with van der Waals surface area (Å²) in [4.78, 5) is 34.6. The van der Waals surface area contributed by atoms with Crippen molar-refractivity contribution in [2.75, 3.05) is 6.61 Å². The van der Waals surface area contributed by atoms with Crippen LogP contribution in [0.5, 0.6) is 28.7 Å². The number of rotatable bonds is 8. The maximum absolute atomic E-state index is 13.0. The lowest BCUT2D eigenvalue weighted by atomic mass is 9.87. The van der Waals surface area contributed by atoms with Crippen molar-refractivity contribution >= 4 is 33.6 Å². The van der Waals surface area contributed by atoms with Crippen molar-refractivity contribution in [1.82, 2.24) is 20.6 Å². The maximum Gasteiger partial charge on any atom is 0.251 e. The SMILES string of the molecule is O=C(NC1CCCc2ccccc21)c1cccc(Oc2ccnc3ccccc23)c1.O=C(NC1CCOc2ccccc21)c1cccc(Oc2ccnc3ccccc23)c1. The molecule has 0 radical (unpaired) electrons. The van der Waals surface area contributed by atoms with E-state index < -0.39 is 0 Å². The average molecular weight is 791 g/mol. The smallest absolute Gasteiger partial charge is 0.251 e. The van der Waals surface area contributed by atoms with Gasteiger partial charge in [-0.25, -0.2) is 0 Å². The third kappa shape index (κ3) is 8.51. The molecule has 296 valence electrons. The summed E-state index contributed by atoms with van der Waals surface area (Å²) < 4.78 is 17.9. The Morgan fingerprint density at radius 2 is 1.08 bits per heavy atom. The third-order valence-corrected chi connectivity index (χ3v) is 10.8. The molecule has 10 rings (SSSR count). The lowest BCUT2D eigenvalue weighted by Gasteiger charge is -2.26. The Labute approximate surface area is 348 Å². The predicted octanol–water partition coefficient (Wildman–Crippen LogP) is 11.1. The van der Waals surface area contributed by atoms with Crippen LogP contribution >= 0.6 is 0 Å². The number of benzene rings is 6. The van der Waals surface area contributed by atoms with E-state index in [1.807, 2.05) is 121 Å². The van der Waals surface area contributed by atoms with Gasteiger partial charge >= 0.3 is 0 Å². The van der Waals surface area contributed by atoms with Crippen LogP contribution in [0.15, 0.2) is 170 Å². The van der Waals surface area contributed by atoms with Gasteiger partial charge in [0.2, 0.25) is 0 Å². The van der Waals surface area contributed by atoms with Crippen LogP contribution in [0, 0.1) is 0 Å². The van der Waals surface area contributed by atoms with Crippen LogP contribution in [0.2, 0.25) is 0 Å². The molecule has 2 aliphatic rings. The molecular weight excluding hydrogens is 749 g/mol. The highest BCUT2D eigenvalue weighted by Gasteiger charge is 2.24. The fourth-order valence-electron chi connectivity index (χ4n) is 7.85. The molecule has 0 saturated heterocycles. The molecule has 0 saturated carbocycles. The lowest BCUT2D eigenvalue weighted by molar-refractivity contribution is 0.0919. The topological polar surface area (TPSA) is 112 Å². The Bertz CT molecular complexity index is 2620. The second-order valence-corrected chi connectivity index (χ2v) is 14.7. The van der Waals surface area contributed by atoms with Crippen molar-refractivity contribution in [3.63, 3.8) is 0 Å². The summed E-state index contributed by atoms with van der Waals surface area (Å²) in [5, 5.41) is 8.20. The van der Waals surface area contributed by atoms with E-state index in [2.05, 4.69) is 38.8 Å². The molecule has 0 spiro atoms. The van der Waals surface area contributed by atoms with Gasteiger partial charge in [-0.3, -0.25) is 19.6 Å². The number of hydrogen-bond acceptors (Lipinski definition) is 7.